The maximum absolute atomic E-state index is 12.6. The second-order valence-corrected chi connectivity index (χ2v) is 7.60. The van der Waals surface area contributed by atoms with Crippen LogP contribution >= 0.6 is 23.4 Å². The topological polar surface area (TPSA) is 41.6 Å². The number of fused-ring (bicyclic) bond motifs is 1. The maximum atomic E-state index is 12.6. The minimum atomic E-state index is -0.0846. The van der Waals surface area contributed by atoms with Crippen molar-refractivity contribution in [2.45, 2.75) is 23.9 Å². The average molecular weight is 377 g/mol. The summed E-state index contributed by atoms with van der Waals surface area (Å²) in [6.07, 6.45) is 0.903. The summed E-state index contributed by atoms with van der Waals surface area (Å²) in [5.41, 5.74) is 2.16. The lowest BCUT2D eigenvalue weighted by Gasteiger charge is -2.28. The summed E-state index contributed by atoms with van der Waals surface area (Å²) < 4.78 is 5.16. The van der Waals surface area contributed by atoms with E-state index in [4.69, 9.17) is 16.3 Å². The van der Waals surface area contributed by atoms with Gasteiger partial charge >= 0.3 is 6.03 Å². The van der Waals surface area contributed by atoms with Gasteiger partial charge in [0.25, 0.3) is 0 Å². The van der Waals surface area contributed by atoms with Gasteiger partial charge in [-0.1, -0.05) is 23.7 Å². The molecule has 1 atom stereocenters. The van der Waals surface area contributed by atoms with Crippen LogP contribution in [0.5, 0.6) is 5.75 Å². The molecule has 0 saturated heterocycles. The summed E-state index contributed by atoms with van der Waals surface area (Å²) in [5.74, 6) is 1.80. The first-order valence-electron chi connectivity index (χ1n) is 8.13. The number of benzene rings is 2. The number of thioether (sulfide) groups is 1. The van der Waals surface area contributed by atoms with Crippen molar-refractivity contribution in [1.82, 2.24) is 10.2 Å². The molecular formula is C19H21ClN2O2S. The van der Waals surface area contributed by atoms with Crippen LogP contribution in [0.2, 0.25) is 5.02 Å². The molecule has 4 nitrogen and oxygen atoms in total. The lowest BCUT2D eigenvalue weighted by Crippen LogP contribution is -2.39. The van der Waals surface area contributed by atoms with Gasteiger partial charge in [-0.05, 0) is 47.9 Å². The van der Waals surface area contributed by atoms with E-state index < -0.39 is 0 Å². The highest BCUT2D eigenvalue weighted by Gasteiger charge is 2.23. The number of ether oxygens (including phenoxy) is 1. The molecule has 0 radical (unpaired) electrons. The molecular weight excluding hydrogens is 356 g/mol. The van der Waals surface area contributed by atoms with E-state index in [0.29, 0.717) is 11.6 Å². The molecule has 25 heavy (non-hydrogen) atoms. The molecule has 2 aromatic carbocycles. The number of amides is 2. The van der Waals surface area contributed by atoms with Crippen molar-refractivity contribution in [1.29, 1.82) is 0 Å². The average Bonchev–Trinajstić information content (AvgIpc) is 2.62. The van der Waals surface area contributed by atoms with Crippen molar-refractivity contribution in [2.75, 3.05) is 19.9 Å². The minimum absolute atomic E-state index is 0.000711. The van der Waals surface area contributed by atoms with E-state index in [9.17, 15) is 4.79 Å². The highest BCUT2D eigenvalue weighted by Crippen LogP contribution is 2.37. The molecule has 1 heterocycles. The van der Waals surface area contributed by atoms with Crippen LogP contribution in [0.25, 0.3) is 0 Å². The molecule has 2 amide bonds. The fourth-order valence-electron chi connectivity index (χ4n) is 2.85. The van der Waals surface area contributed by atoms with Gasteiger partial charge in [0.1, 0.15) is 5.75 Å². The number of nitrogens with zero attached hydrogens (tertiary/aromatic N) is 1. The lowest BCUT2D eigenvalue weighted by atomic mass is 10.0. The van der Waals surface area contributed by atoms with Gasteiger partial charge in [-0.15, -0.1) is 11.8 Å². The number of hydrogen-bond acceptors (Lipinski definition) is 3. The summed E-state index contributed by atoms with van der Waals surface area (Å²) in [6.45, 7) is 0.541. The Morgan fingerprint density at radius 3 is 2.80 bits per heavy atom. The Kier molecular flexibility index (Phi) is 5.76. The quantitative estimate of drug-likeness (QED) is 0.838. The van der Waals surface area contributed by atoms with Gasteiger partial charge in [-0.2, -0.15) is 0 Å². The fraction of sp³-hybridized carbons (Fsp3) is 0.316. The highest BCUT2D eigenvalue weighted by atomic mass is 35.5. The molecule has 0 bridgehead atoms. The van der Waals surface area contributed by atoms with Gasteiger partial charge in [0.15, 0.2) is 0 Å². The van der Waals surface area contributed by atoms with Crippen LogP contribution in [-0.2, 0) is 6.54 Å². The van der Waals surface area contributed by atoms with Crippen LogP contribution in [0.15, 0.2) is 47.4 Å². The number of rotatable bonds is 4. The largest absolute Gasteiger partial charge is 0.497 e. The summed E-state index contributed by atoms with van der Waals surface area (Å²) >= 11 is 7.94. The molecule has 1 aliphatic heterocycles. The number of methoxy groups -OCH3 is 1. The SMILES string of the molecule is COc1ccc(CN(C)C(=O)NC2CCSc3ccc(Cl)cc32)cc1. The zero-order chi connectivity index (χ0) is 17.8. The van der Waals surface area contributed by atoms with Gasteiger partial charge in [0.05, 0.1) is 13.2 Å². The zero-order valence-corrected chi connectivity index (χ0v) is 15.9. The Bertz CT molecular complexity index is 752. The Labute approximate surface area is 157 Å². The number of carbonyl (C=O) groups excluding carboxylic acids is 1. The standard InChI is InChI=1S/C19H21ClN2O2S/c1-22(12-13-3-6-15(24-2)7-4-13)19(23)21-17-9-10-25-18-8-5-14(20)11-16(17)18/h3-8,11,17H,9-10,12H2,1-2H3,(H,21,23). The van der Waals surface area contributed by atoms with E-state index in [-0.39, 0.29) is 12.1 Å². The molecule has 132 valence electrons. The van der Waals surface area contributed by atoms with Crippen LogP contribution in [0.1, 0.15) is 23.6 Å². The van der Waals surface area contributed by atoms with Gasteiger partial charge < -0.3 is 15.0 Å². The summed E-state index contributed by atoms with van der Waals surface area (Å²) in [6, 6.07) is 13.5. The Hall–Kier alpha value is -1.85. The Morgan fingerprint density at radius 2 is 2.08 bits per heavy atom. The van der Waals surface area contributed by atoms with Gasteiger partial charge in [-0.25, -0.2) is 4.79 Å². The fourth-order valence-corrected chi connectivity index (χ4v) is 4.14. The Balaban J connectivity index is 1.65. The van der Waals surface area contributed by atoms with Crippen LogP contribution in [0, 0.1) is 0 Å². The van der Waals surface area contributed by atoms with E-state index in [0.717, 1.165) is 29.1 Å². The lowest BCUT2D eigenvalue weighted by molar-refractivity contribution is 0.202. The molecule has 1 N–H and O–H groups in total. The summed E-state index contributed by atoms with van der Waals surface area (Å²) in [4.78, 5) is 15.5. The monoisotopic (exact) mass is 376 g/mol. The van der Waals surface area contributed by atoms with E-state index in [2.05, 4.69) is 5.32 Å². The van der Waals surface area contributed by atoms with Crippen LogP contribution < -0.4 is 10.1 Å². The Morgan fingerprint density at radius 1 is 1.32 bits per heavy atom. The van der Waals surface area contributed by atoms with Crippen LogP contribution in [0.3, 0.4) is 0 Å². The van der Waals surface area contributed by atoms with Crippen molar-refractivity contribution < 1.29 is 9.53 Å². The first kappa shape index (κ1) is 18.0. The first-order chi connectivity index (χ1) is 12.1. The van der Waals surface area contributed by atoms with Crippen molar-refractivity contribution in [2.24, 2.45) is 0 Å². The number of nitrogens with one attached hydrogen (secondary N) is 1. The minimum Gasteiger partial charge on any atom is -0.497 e. The first-order valence-corrected chi connectivity index (χ1v) is 9.50. The molecule has 1 unspecified atom stereocenters. The van der Waals surface area contributed by atoms with Gasteiger partial charge in [0, 0.05) is 29.3 Å². The van der Waals surface area contributed by atoms with Crippen LogP contribution in [-0.4, -0.2) is 30.8 Å². The van der Waals surface area contributed by atoms with Crippen LogP contribution in [0.4, 0.5) is 4.79 Å². The van der Waals surface area contributed by atoms with Crippen molar-refractivity contribution in [3.8, 4) is 5.75 Å². The third kappa shape index (κ3) is 4.41. The molecule has 3 rings (SSSR count). The van der Waals surface area contributed by atoms with E-state index in [1.54, 1.807) is 19.1 Å². The van der Waals surface area contributed by atoms with Crippen molar-refractivity contribution >= 4 is 29.4 Å². The molecule has 2 aromatic rings. The van der Waals surface area contributed by atoms with E-state index in [1.807, 2.05) is 54.2 Å². The smallest absolute Gasteiger partial charge is 0.317 e. The maximum Gasteiger partial charge on any atom is 0.317 e. The highest BCUT2D eigenvalue weighted by molar-refractivity contribution is 7.99. The number of hydrogen-bond donors (Lipinski definition) is 1. The number of carbonyl (C=O) groups is 1. The summed E-state index contributed by atoms with van der Waals surface area (Å²) in [5, 5.41) is 3.84. The van der Waals surface area contributed by atoms with Crippen molar-refractivity contribution in [3.63, 3.8) is 0 Å². The van der Waals surface area contributed by atoms with E-state index in [1.165, 1.54) is 4.90 Å². The predicted octanol–water partition coefficient (Wildman–Crippen LogP) is 4.73. The molecule has 1 aliphatic rings. The molecule has 0 fully saturated rings. The number of urea groups is 1. The van der Waals surface area contributed by atoms with E-state index >= 15 is 0 Å². The van der Waals surface area contributed by atoms with Gasteiger partial charge in [0.2, 0.25) is 0 Å². The molecule has 6 heteroatoms. The summed E-state index contributed by atoms with van der Waals surface area (Å²) in [7, 11) is 3.44. The molecule has 0 spiro atoms. The number of halogens is 1. The third-order valence-electron chi connectivity index (χ3n) is 4.23. The predicted molar refractivity (Wildman–Crippen MR) is 103 cm³/mol. The molecule has 0 saturated carbocycles. The molecule has 0 aliphatic carbocycles. The van der Waals surface area contributed by atoms with Crippen molar-refractivity contribution in [3.05, 3.63) is 58.6 Å². The third-order valence-corrected chi connectivity index (χ3v) is 5.59. The normalized spacial score (nSPS) is 16.0. The second-order valence-electron chi connectivity index (χ2n) is 6.03. The molecule has 0 aromatic heterocycles. The van der Waals surface area contributed by atoms with Gasteiger partial charge in [-0.3, -0.25) is 0 Å². The zero-order valence-electron chi connectivity index (χ0n) is 14.3. The second kappa shape index (κ2) is 8.02.